The third-order valence-electron chi connectivity index (χ3n) is 2.61. The van der Waals surface area contributed by atoms with Crippen molar-refractivity contribution in [3.63, 3.8) is 0 Å². The van der Waals surface area contributed by atoms with Gasteiger partial charge in [-0.05, 0) is 6.07 Å². The molecule has 0 saturated heterocycles. The molecule has 2 rings (SSSR count). The van der Waals surface area contributed by atoms with Gasteiger partial charge in [0.05, 0.1) is 22.7 Å². The van der Waals surface area contributed by atoms with Crippen molar-refractivity contribution in [1.82, 2.24) is 4.98 Å². The summed E-state index contributed by atoms with van der Waals surface area (Å²) in [6.07, 6.45) is 1.41. The molecule has 0 saturated carbocycles. The number of nitrogens with zero attached hydrogens (tertiary/aromatic N) is 2. The summed E-state index contributed by atoms with van der Waals surface area (Å²) in [5.74, 6) is -0.329. The predicted molar refractivity (Wildman–Crippen MR) is 74.3 cm³/mol. The molecule has 7 nitrogen and oxygen atoms in total. The van der Waals surface area contributed by atoms with Gasteiger partial charge in [-0.25, -0.2) is 0 Å². The minimum Gasteiger partial charge on any atom is -0.490 e. The summed E-state index contributed by atoms with van der Waals surface area (Å²) in [4.78, 5) is 25.9. The van der Waals surface area contributed by atoms with E-state index in [9.17, 15) is 14.9 Å². The Balaban J connectivity index is 2.91. The number of hydrogen-bond donors (Lipinski definition) is 1. The van der Waals surface area contributed by atoms with Gasteiger partial charge in [0.25, 0.3) is 0 Å². The number of carbonyl (C=O) groups is 1. The molecule has 0 spiro atoms. The van der Waals surface area contributed by atoms with E-state index in [0.717, 1.165) is 0 Å². The highest BCUT2D eigenvalue weighted by Gasteiger charge is 2.25. The van der Waals surface area contributed by atoms with Gasteiger partial charge in [-0.1, -0.05) is 11.6 Å². The molecular formula is C12H10ClN3O4. The topological polar surface area (TPSA) is 94.4 Å². The largest absolute Gasteiger partial charge is 0.490 e. The minimum absolute atomic E-state index is 0.00106. The van der Waals surface area contributed by atoms with Crippen molar-refractivity contribution < 1.29 is 14.5 Å². The van der Waals surface area contributed by atoms with E-state index in [1.165, 1.54) is 32.4 Å². The van der Waals surface area contributed by atoms with E-state index >= 15 is 0 Å². The Hall–Kier alpha value is -2.41. The lowest BCUT2D eigenvalue weighted by Crippen LogP contribution is -2.08. The fraction of sp³-hybridized carbons (Fsp3) is 0.167. The standard InChI is InChI=1S/C12H10ClN3O4/c1-6(17)15-8-5-9(20-2)12(16(18)19)10-7(13)3-4-14-11(8)10/h3-5H,1-2H3,(H,15,17). The SMILES string of the molecule is COc1cc(NC(C)=O)c2nccc(Cl)c2c1[N+](=O)[O-]. The number of hydrogen-bond acceptors (Lipinski definition) is 5. The van der Waals surface area contributed by atoms with Crippen LogP contribution in [0.5, 0.6) is 5.75 Å². The van der Waals surface area contributed by atoms with E-state index in [-0.39, 0.29) is 33.3 Å². The first-order valence-electron chi connectivity index (χ1n) is 5.53. The van der Waals surface area contributed by atoms with Crippen molar-refractivity contribution in [1.29, 1.82) is 0 Å². The molecular weight excluding hydrogens is 286 g/mol. The van der Waals surface area contributed by atoms with Crippen molar-refractivity contribution >= 4 is 39.8 Å². The number of amides is 1. The second-order valence-electron chi connectivity index (χ2n) is 3.93. The lowest BCUT2D eigenvalue weighted by molar-refractivity contribution is -0.383. The normalized spacial score (nSPS) is 10.3. The molecule has 0 unspecified atom stereocenters. The van der Waals surface area contributed by atoms with Crippen LogP contribution in [0.3, 0.4) is 0 Å². The quantitative estimate of drug-likeness (QED) is 0.694. The molecule has 0 bridgehead atoms. The van der Waals surface area contributed by atoms with Gasteiger partial charge in [0.1, 0.15) is 10.9 Å². The average Bonchev–Trinajstić information content (AvgIpc) is 2.38. The Morgan fingerprint density at radius 1 is 1.55 bits per heavy atom. The number of carbonyl (C=O) groups excluding carboxylic acids is 1. The molecule has 104 valence electrons. The van der Waals surface area contributed by atoms with Crippen molar-refractivity contribution in [3.8, 4) is 5.75 Å². The maximum Gasteiger partial charge on any atom is 0.321 e. The highest BCUT2D eigenvalue weighted by molar-refractivity contribution is 6.36. The van der Waals surface area contributed by atoms with Crippen molar-refractivity contribution in [2.24, 2.45) is 0 Å². The molecule has 1 aromatic carbocycles. The number of nitro benzene ring substituents is 1. The number of aromatic nitrogens is 1. The van der Waals surface area contributed by atoms with Gasteiger partial charge in [-0.15, -0.1) is 0 Å². The maximum absolute atomic E-state index is 11.2. The third-order valence-corrected chi connectivity index (χ3v) is 2.93. The lowest BCUT2D eigenvalue weighted by atomic mass is 10.1. The van der Waals surface area contributed by atoms with Gasteiger partial charge < -0.3 is 10.1 Å². The number of nitro groups is 1. The summed E-state index contributed by atoms with van der Waals surface area (Å²) in [6, 6.07) is 2.79. The molecule has 8 heteroatoms. The molecule has 1 N–H and O–H groups in total. The van der Waals surface area contributed by atoms with E-state index in [0.29, 0.717) is 5.69 Å². The first-order valence-corrected chi connectivity index (χ1v) is 5.90. The van der Waals surface area contributed by atoms with Crippen molar-refractivity contribution in [2.75, 3.05) is 12.4 Å². The van der Waals surface area contributed by atoms with Crippen LogP contribution < -0.4 is 10.1 Å². The molecule has 0 atom stereocenters. The van der Waals surface area contributed by atoms with E-state index < -0.39 is 4.92 Å². The van der Waals surface area contributed by atoms with E-state index in [1.807, 2.05) is 0 Å². The Kier molecular flexibility index (Phi) is 3.71. The molecule has 1 heterocycles. The van der Waals surface area contributed by atoms with Gasteiger partial charge in [-0.3, -0.25) is 19.9 Å². The number of nitrogens with one attached hydrogen (secondary N) is 1. The molecule has 2 aromatic rings. The summed E-state index contributed by atoms with van der Waals surface area (Å²) in [7, 11) is 1.30. The van der Waals surface area contributed by atoms with Gasteiger partial charge >= 0.3 is 5.69 Å². The zero-order chi connectivity index (χ0) is 14.9. The zero-order valence-electron chi connectivity index (χ0n) is 10.6. The Labute approximate surface area is 118 Å². The molecule has 0 fully saturated rings. The number of benzene rings is 1. The van der Waals surface area contributed by atoms with Crippen LogP contribution in [0.4, 0.5) is 11.4 Å². The zero-order valence-corrected chi connectivity index (χ0v) is 11.4. The summed E-state index contributed by atoms with van der Waals surface area (Å²) < 4.78 is 5.01. The first kappa shape index (κ1) is 14.0. The minimum atomic E-state index is -0.591. The van der Waals surface area contributed by atoms with Gasteiger partial charge in [-0.2, -0.15) is 0 Å². The fourth-order valence-corrected chi connectivity index (χ4v) is 2.12. The molecule has 0 aliphatic rings. The first-order chi connectivity index (χ1) is 9.45. The Bertz CT molecular complexity index is 717. The molecule has 0 aliphatic carbocycles. The molecule has 20 heavy (non-hydrogen) atoms. The number of anilines is 1. The number of pyridine rings is 1. The van der Waals surface area contributed by atoms with E-state index in [4.69, 9.17) is 16.3 Å². The van der Waals surface area contributed by atoms with Crippen LogP contribution in [0.1, 0.15) is 6.92 Å². The van der Waals surface area contributed by atoms with E-state index in [2.05, 4.69) is 10.3 Å². The Morgan fingerprint density at radius 2 is 2.25 bits per heavy atom. The van der Waals surface area contributed by atoms with Crippen LogP contribution in [0, 0.1) is 10.1 Å². The fourth-order valence-electron chi connectivity index (χ4n) is 1.88. The summed E-state index contributed by atoms with van der Waals surface area (Å²) in [5.41, 5.74) is 0.257. The molecule has 1 aromatic heterocycles. The summed E-state index contributed by atoms with van der Waals surface area (Å²) in [6.45, 7) is 1.32. The highest BCUT2D eigenvalue weighted by Crippen LogP contribution is 2.42. The van der Waals surface area contributed by atoms with Crippen LogP contribution in [-0.2, 0) is 4.79 Å². The predicted octanol–water partition coefficient (Wildman–Crippen LogP) is 2.76. The van der Waals surface area contributed by atoms with Gasteiger partial charge in [0.15, 0.2) is 5.75 Å². The van der Waals surface area contributed by atoms with Crippen molar-refractivity contribution in [3.05, 3.63) is 33.5 Å². The number of methoxy groups -OCH3 is 1. The number of ether oxygens (including phenoxy) is 1. The van der Waals surface area contributed by atoms with E-state index in [1.54, 1.807) is 0 Å². The number of halogens is 1. The van der Waals surface area contributed by atoms with Crippen LogP contribution >= 0.6 is 11.6 Å². The summed E-state index contributed by atoms with van der Waals surface area (Å²) >= 11 is 6.03. The molecule has 0 aliphatic heterocycles. The monoisotopic (exact) mass is 295 g/mol. The average molecular weight is 296 g/mol. The van der Waals surface area contributed by atoms with Crippen LogP contribution in [0.15, 0.2) is 18.3 Å². The highest BCUT2D eigenvalue weighted by atomic mass is 35.5. The lowest BCUT2D eigenvalue weighted by Gasteiger charge is -2.11. The molecule has 1 amide bonds. The van der Waals surface area contributed by atoms with Crippen LogP contribution in [0.2, 0.25) is 5.02 Å². The third kappa shape index (κ3) is 2.35. The second-order valence-corrected chi connectivity index (χ2v) is 4.34. The van der Waals surface area contributed by atoms with Gasteiger partial charge in [0.2, 0.25) is 5.91 Å². The molecule has 0 radical (unpaired) electrons. The second kappa shape index (κ2) is 5.30. The van der Waals surface area contributed by atoms with Gasteiger partial charge in [0, 0.05) is 19.2 Å². The van der Waals surface area contributed by atoms with Crippen molar-refractivity contribution in [2.45, 2.75) is 6.92 Å². The van der Waals surface area contributed by atoms with Crippen LogP contribution in [-0.4, -0.2) is 22.9 Å². The maximum atomic E-state index is 11.2. The van der Waals surface area contributed by atoms with Crippen LogP contribution in [0.25, 0.3) is 10.9 Å². The Morgan fingerprint density at radius 3 is 2.80 bits per heavy atom. The number of fused-ring (bicyclic) bond motifs is 1. The summed E-state index contributed by atoms with van der Waals surface area (Å²) in [5, 5.41) is 14.1. The smallest absolute Gasteiger partial charge is 0.321 e. The number of rotatable bonds is 3.